The second-order valence-electron chi connectivity index (χ2n) is 22.0. The van der Waals surface area contributed by atoms with E-state index in [-0.39, 0.29) is 31.6 Å². The maximum Gasteiger partial charge on any atom is 0.309 e. The summed E-state index contributed by atoms with van der Waals surface area (Å²) < 4.78 is 16.8. The number of hydrogen-bond acceptors (Lipinski definition) is 6. The van der Waals surface area contributed by atoms with Crippen molar-refractivity contribution in [3.05, 3.63) is 72.9 Å². The Balaban J connectivity index is 4.30. The first kappa shape index (κ1) is 72.8. The number of rotatable bonds is 60. The van der Waals surface area contributed by atoms with Crippen LogP contribution in [0.1, 0.15) is 335 Å². The van der Waals surface area contributed by atoms with Crippen molar-refractivity contribution in [2.75, 3.05) is 13.2 Å². The second-order valence-corrected chi connectivity index (χ2v) is 22.0. The van der Waals surface area contributed by atoms with Gasteiger partial charge in [0.15, 0.2) is 6.10 Å². The maximum atomic E-state index is 12.9. The Kier molecular flexibility index (Phi) is 61.7. The average Bonchev–Trinajstić information content (AvgIpc) is 3.42. The van der Waals surface area contributed by atoms with E-state index in [1.54, 1.807) is 6.08 Å². The lowest BCUT2D eigenvalue weighted by Gasteiger charge is -2.18. The van der Waals surface area contributed by atoms with Crippen LogP contribution in [0.3, 0.4) is 0 Å². The van der Waals surface area contributed by atoms with E-state index < -0.39 is 12.1 Å². The molecule has 0 aliphatic heterocycles. The third-order valence-corrected chi connectivity index (χ3v) is 14.5. The third kappa shape index (κ3) is 61.7. The Labute approximate surface area is 472 Å². The monoisotopic (exact) mass is 1060 g/mol. The van der Waals surface area contributed by atoms with Gasteiger partial charge in [0.2, 0.25) is 0 Å². The molecule has 1 unspecified atom stereocenters. The van der Waals surface area contributed by atoms with Gasteiger partial charge in [-0.1, -0.05) is 318 Å². The summed E-state index contributed by atoms with van der Waals surface area (Å²) in [6.45, 7) is 6.49. The molecular formula is C70H124O6. The zero-order valence-corrected chi connectivity index (χ0v) is 50.5. The van der Waals surface area contributed by atoms with Crippen LogP contribution in [0.2, 0.25) is 0 Å². The molecule has 0 heterocycles. The molecule has 76 heavy (non-hydrogen) atoms. The molecule has 1 atom stereocenters. The van der Waals surface area contributed by atoms with Gasteiger partial charge in [0, 0.05) is 12.8 Å². The molecule has 0 aliphatic carbocycles. The predicted octanol–water partition coefficient (Wildman–Crippen LogP) is 22.5. The van der Waals surface area contributed by atoms with Crippen LogP contribution in [0.15, 0.2) is 72.9 Å². The summed E-state index contributed by atoms with van der Waals surface area (Å²) in [5, 5.41) is 0. The predicted molar refractivity (Wildman–Crippen MR) is 330 cm³/mol. The highest BCUT2D eigenvalue weighted by Gasteiger charge is 2.19. The molecule has 440 valence electrons. The largest absolute Gasteiger partial charge is 0.462 e. The van der Waals surface area contributed by atoms with E-state index in [0.717, 1.165) is 70.6 Å². The number of esters is 3. The molecule has 0 aromatic heterocycles. The molecule has 0 aromatic carbocycles. The van der Waals surface area contributed by atoms with Gasteiger partial charge in [0.25, 0.3) is 0 Å². The van der Waals surface area contributed by atoms with Gasteiger partial charge < -0.3 is 14.2 Å². The van der Waals surface area contributed by atoms with Crippen molar-refractivity contribution in [1.29, 1.82) is 0 Å². The van der Waals surface area contributed by atoms with Crippen molar-refractivity contribution in [1.82, 2.24) is 0 Å². The lowest BCUT2D eigenvalue weighted by atomic mass is 10.0. The van der Waals surface area contributed by atoms with E-state index in [2.05, 4.69) is 81.5 Å². The first-order valence-electron chi connectivity index (χ1n) is 32.9. The van der Waals surface area contributed by atoms with Crippen molar-refractivity contribution in [2.24, 2.45) is 0 Å². The molecule has 6 heteroatoms. The number of ether oxygens (including phenoxy) is 3. The van der Waals surface area contributed by atoms with Crippen molar-refractivity contribution >= 4 is 17.9 Å². The van der Waals surface area contributed by atoms with Crippen molar-refractivity contribution < 1.29 is 28.6 Å². The molecule has 0 fully saturated rings. The average molecular weight is 1060 g/mol. The normalized spacial score (nSPS) is 12.5. The van der Waals surface area contributed by atoms with E-state index in [1.165, 1.54) is 225 Å². The van der Waals surface area contributed by atoms with Crippen LogP contribution >= 0.6 is 0 Å². The van der Waals surface area contributed by atoms with Crippen LogP contribution in [-0.2, 0) is 28.6 Å². The molecular weight excluding hydrogens is 937 g/mol. The first-order valence-corrected chi connectivity index (χ1v) is 32.9. The molecule has 0 N–H and O–H groups in total. The number of unbranched alkanes of at least 4 members (excludes halogenated alkanes) is 38. The number of carbonyl (C=O) groups is 3. The topological polar surface area (TPSA) is 78.9 Å². The Hall–Kier alpha value is -3.15. The molecule has 0 saturated carbocycles. The van der Waals surface area contributed by atoms with Gasteiger partial charge in [-0.25, -0.2) is 0 Å². The fourth-order valence-corrected chi connectivity index (χ4v) is 9.57. The van der Waals surface area contributed by atoms with E-state index in [9.17, 15) is 14.4 Å². The Bertz CT molecular complexity index is 1400. The van der Waals surface area contributed by atoms with Crippen LogP contribution in [0.4, 0.5) is 0 Å². The first-order chi connectivity index (χ1) is 37.5. The molecule has 0 aliphatic rings. The SMILES string of the molecule is CC/C=C\C/C=C\C/C=C\C/C=C\C/C=C\CC(=O)OCC(COC(=O)CCCCCCCCCCCCCCCCC/C=C\CCCCCCCCCC)OC(=O)CCCCCCCCCCCCCCCCCC. The second kappa shape index (κ2) is 64.4. The lowest BCUT2D eigenvalue weighted by molar-refractivity contribution is -0.166. The lowest BCUT2D eigenvalue weighted by Crippen LogP contribution is -2.30. The summed E-state index contributed by atoms with van der Waals surface area (Å²) in [5.74, 6) is -1.02. The highest BCUT2D eigenvalue weighted by Crippen LogP contribution is 2.17. The van der Waals surface area contributed by atoms with Gasteiger partial charge in [0.1, 0.15) is 13.2 Å². The van der Waals surface area contributed by atoms with Gasteiger partial charge in [-0.15, -0.1) is 0 Å². The third-order valence-electron chi connectivity index (χ3n) is 14.5. The minimum Gasteiger partial charge on any atom is -0.462 e. The number of carbonyl (C=O) groups excluding carboxylic acids is 3. The maximum absolute atomic E-state index is 12.9. The van der Waals surface area contributed by atoms with Gasteiger partial charge in [0.05, 0.1) is 6.42 Å². The number of hydrogen-bond donors (Lipinski definition) is 0. The molecule has 0 bridgehead atoms. The standard InChI is InChI=1S/C70H124O6/c1-4-7-10-13-16-19-22-25-28-30-31-32-33-34-35-36-37-38-39-40-43-45-48-51-54-57-60-63-69(72)75-66-67(65-74-68(71)62-59-56-53-50-47-44-41-27-24-21-18-15-12-9-6-3)76-70(73)64-61-58-55-52-49-46-42-29-26-23-20-17-14-11-8-5-2/h9,12,18,21,27,30-31,41,47,50,56,59,67H,4-8,10-11,13-17,19-20,22-26,28-29,32-40,42-46,48-49,51-55,57-58,60-66H2,1-3H3/b12-9-,21-18-,31-30-,41-27-,50-47-,59-56-. The van der Waals surface area contributed by atoms with Crippen LogP contribution in [0, 0.1) is 0 Å². The van der Waals surface area contributed by atoms with E-state index in [0.29, 0.717) is 12.8 Å². The van der Waals surface area contributed by atoms with Gasteiger partial charge >= 0.3 is 17.9 Å². The fourth-order valence-electron chi connectivity index (χ4n) is 9.57. The zero-order valence-electron chi connectivity index (χ0n) is 50.5. The molecule has 6 nitrogen and oxygen atoms in total. The number of allylic oxidation sites excluding steroid dienone is 11. The van der Waals surface area contributed by atoms with Crippen molar-refractivity contribution in [2.45, 2.75) is 341 Å². The Morgan fingerprint density at radius 1 is 0.289 bits per heavy atom. The smallest absolute Gasteiger partial charge is 0.309 e. The highest BCUT2D eigenvalue weighted by atomic mass is 16.6. The van der Waals surface area contributed by atoms with Crippen LogP contribution in [0.25, 0.3) is 0 Å². The molecule has 0 saturated heterocycles. The minimum atomic E-state index is -0.813. The molecule has 0 rings (SSSR count). The van der Waals surface area contributed by atoms with Crippen LogP contribution in [0.5, 0.6) is 0 Å². The van der Waals surface area contributed by atoms with Crippen LogP contribution in [-0.4, -0.2) is 37.2 Å². The van der Waals surface area contributed by atoms with Gasteiger partial charge in [-0.2, -0.15) is 0 Å². The van der Waals surface area contributed by atoms with E-state index >= 15 is 0 Å². The summed E-state index contributed by atoms with van der Waals surface area (Å²) in [5.41, 5.74) is 0. The highest BCUT2D eigenvalue weighted by molar-refractivity contribution is 5.72. The van der Waals surface area contributed by atoms with E-state index in [1.807, 2.05) is 6.08 Å². The summed E-state index contributed by atoms with van der Waals surface area (Å²) in [4.78, 5) is 38.2. The minimum absolute atomic E-state index is 0.101. The summed E-state index contributed by atoms with van der Waals surface area (Å²) in [7, 11) is 0. The molecule has 0 amide bonds. The molecule has 0 spiro atoms. The van der Waals surface area contributed by atoms with Crippen molar-refractivity contribution in [3.63, 3.8) is 0 Å². The zero-order chi connectivity index (χ0) is 55.0. The van der Waals surface area contributed by atoms with Gasteiger partial charge in [-0.05, 0) is 70.6 Å². The molecule has 0 aromatic rings. The molecule has 0 radical (unpaired) electrons. The summed E-state index contributed by atoms with van der Waals surface area (Å²) in [6.07, 6.45) is 83.8. The quantitative estimate of drug-likeness (QED) is 0.0261. The Morgan fingerprint density at radius 2 is 0.566 bits per heavy atom. The Morgan fingerprint density at radius 3 is 0.908 bits per heavy atom. The summed E-state index contributed by atoms with van der Waals surface area (Å²) >= 11 is 0. The van der Waals surface area contributed by atoms with Crippen LogP contribution < -0.4 is 0 Å². The van der Waals surface area contributed by atoms with E-state index in [4.69, 9.17) is 14.2 Å². The summed E-state index contributed by atoms with van der Waals surface area (Å²) in [6, 6.07) is 0. The van der Waals surface area contributed by atoms with Crippen molar-refractivity contribution in [3.8, 4) is 0 Å². The van der Waals surface area contributed by atoms with Gasteiger partial charge in [-0.3, -0.25) is 14.4 Å². The fraction of sp³-hybridized carbons (Fsp3) is 0.786.